The minimum Gasteiger partial charge on any atom is -0.393 e. The van der Waals surface area contributed by atoms with Gasteiger partial charge in [0.25, 0.3) is 0 Å². The van der Waals surface area contributed by atoms with Crippen LogP contribution < -0.4 is 0 Å². The maximum atomic E-state index is 14.8. The van der Waals surface area contributed by atoms with Gasteiger partial charge in [0.15, 0.2) is 0 Å². The van der Waals surface area contributed by atoms with E-state index >= 15 is 0 Å². The van der Waals surface area contributed by atoms with Gasteiger partial charge in [-0.25, -0.2) is 4.39 Å². The normalized spacial score (nSPS) is 40.9. The van der Waals surface area contributed by atoms with Gasteiger partial charge in [0.05, 0.1) is 24.1 Å². The molecule has 178 valence electrons. The Hall–Kier alpha value is -1.89. The zero-order chi connectivity index (χ0) is 23.3. The number of halogens is 4. The molecule has 3 aliphatic carbocycles. The lowest BCUT2D eigenvalue weighted by Gasteiger charge is -2.58. The van der Waals surface area contributed by atoms with Crippen molar-refractivity contribution in [3.63, 3.8) is 0 Å². The molecular weight excluding hydrogens is 430 g/mol. The predicted molar refractivity (Wildman–Crippen MR) is 105 cm³/mol. The fraction of sp³-hybridized carbons (Fsp3) is 0.864. The van der Waals surface area contributed by atoms with E-state index in [-0.39, 0.29) is 62.9 Å². The van der Waals surface area contributed by atoms with Crippen molar-refractivity contribution < 1.29 is 32.3 Å². The minimum absolute atomic E-state index is 0.0115. The summed E-state index contributed by atoms with van der Waals surface area (Å²) >= 11 is 0. The number of nitriles is 1. The van der Waals surface area contributed by atoms with E-state index in [0.29, 0.717) is 25.7 Å². The Balaban J connectivity index is 1.47. The highest BCUT2D eigenvalue weighted by molar-refractivity contribution is 5.99. The number of alkyl halides is 4. The fourth-order valence-electron chi connectivity index (χ4n) is 6.08. The van der Waals surface area contributed by atoms with E-state index in [1.165, 1.54) is 9.80 Å². The molecular formula is C22H29F4N3O3. The molecule has 1 aliphatic heterocycles. The molecule has 3 saturated carbocycles. The number of aliphatic hydroxyl groups excluding tert-OH is 1. The number of carbonyl (C=O) groups is 2. The van der Waals surface area contributed by atoms with Crippen LogP contribution in [0.5, 0.6) is 0 Å². The maximum Gasteiger partial charge on any atom is 0.391 e. The van der Waals surface area contributed by atoms with Crippen molar-refractivity contribution in [2.75, 3.05) is 13.1 Å². The molecule has 32 heavy (non-hydrogen) atoms. The molecule has 0 radical (unpaired) electrons. The average molecular weight is 459 g/mol. The second kappa shape index (κ2) is 8.47. The molecule has 10 heteroatoms. The lowest BCUT2D eigenvalue weighted by molar-refractivity contribution is -0.191. The summed E-state index contributed by atoms with van der Waals surface area (Å²) in [6.45, 7) is -0.0766. The van der Waals surface area contributed by atoms with Crippen molar-refractivity contribution in [3.05, 3.63) is 0 Å². The Morgan fingerprint density at radius 1 is 1.09 bits per heavy atom. The summed E-state index contributed by atoms with van der Waals surface area (Å²) in [5, 5.41) is 19.1. The molecule has 4 rings (SSSR count). The first-order valence-electron chi connectivity index (χ1n) is 11.4. The molecule has 2 amide bonds. The summed E-state index contributed by atoms with van der Waals surface area (Å²) < 4.78 is 53.7. The van der Waals surface area contributed by atoms with Gasteiger partial charge in [0.2, 0.25) is 11.8 Å². The molecule has 1 spiro atoms. The molecule has 0 aromatic heterocycles. The van der Waals surface area contributed by atoms with Gasteiger partial charge in [0, 0.05) is 25.3 Å². The first kappa shape index (κ1) is 23.3. The Morgan fingerprint density at radius 3 is 2.28 bits per heavy atom. The third-order valence-corrected chi connectivity index (χ3v) is 8.00. The van der Waals surface area contributed by atoms with E-state index in [4.69, 9.17) is 5.26 Å². The van der Waals surface area contributed by atoms with Crippen LogP contribution in [0.2, 0.25) is 0 Å². The number of nitrogens with zero attached hydrogens (tertiary/aromatic N) is 3. The second-order valence-corrected chi connectivity index (χ2v) is 10.0. The van der Waals surface area contributed by atoms with Gasteiger partial charge in [-0.05, 0) is 50.9 Å². The zero-order valence-electron chi connectivity index (χ0n) is 17.9. The Morgan fingerprint density at radius 2 is 1.75 bits per heavy atom. The van der Waals surface area contributed by atoms with Crippen LogP contribution in [0.25, 0.3) is 0 Å². The first-order valence-corrected chi connectivity index (χ1v) is 11.4. The van der Waals surface area contributed by atoms with Crippen LogP contribution in [-0.4, -0.2) is 69.8 Å². The molecule has 4 fully saturated rings. The van der Waals surface area contributed by atoms with Crippen LogP contribution in [0.1, 0.15) is 57.8 Å². The lowest BCUT2D eigenvalue weighted by atomic mass is 9.69. The van der Waals surface area contributed by atoms with Gasteiger partial charge >= 0.3 is 6.18 Å². The molecule has 6 nitrogen and oxygen atoms in total. The zero-order valence-corrected chi connectivity index (χ0v) is 17.9. The lowest BCUT2D eigenvalue weighted by Crippen LogP contribution is -2.76. The molecule has 1 heterocycles. The van der Waals surface area contributed by atoms with E-state index < -0.39 is 41.9 Å². The van der Waals surface area contributed by atoms with Crippen molar-refractivity contribution in [1.29, 1.82) is 5.26 Å². The summed E-state index contributed by atoms with van der Waals surface area (Å²) in [6, 6.07) is 1.30. The number of piperazine rings is 1. The molecule has 3 unspecified atom stereocenters. The van der Waals surface area contributed by atoms with Crippen LogP contribution >= 0.6 is 0 Å². The van der Waals surface area contributed by atoms with Crippen LogP contribution in [-0.2, 0) is 9.59 Å². The van der Waals surface area contributed by atoms with Gasteiger partial charge in [-0.3, -0.25) is 9.59 Å². The molecule has 0 aromatic rings. The molecule has 1 N–H and O–H groups in total. The Labute approximate surface area is 184 Å². The number of rotatable bonds is 3. The predicted octanol–water partition coefficient (Wildman–Crippen LogP) is 2.95. The molecule has 0 aromatic carbocycles. The smallest absolute Gasteiger partial charge is 0.391 e. The third kappa shape index (κ3) is 4.09. The molecule has 0 bridgehead atoms. The SMILES string of the molecule is N#CC1CCC(N2CC(=O)N(CC3CCC(C(F)(F)F)CC3)C3(CC(O)C3)C2=O)C(F)C1. The van der Waals surface area contributed by atoms with Crippen LogP contribution in [0.3, 0.4) is 0 Å². The summed E-state index contributed by atoms with van der Waals surface area (Å²) in [4.78, 5) is 29.4. The quantitative estimate of drug-likeness (QED) is 0.658. The van der Waals surface area contributed by atoms with E-state index in [9.17, 15) is 32.3 Å². The summed E-state index contributed by atoms with van der Waals surface area (Å²) in [5.41, 5.74) is -1.23. The van der Waals surface area contributed by atoms with Gasteiger partial charge in [-0.2, -0.15) is 18.4 Å². The number of hydrogen-bond donors (Lipinski definition) is 1. The van der Waals surface area contributed by atoms with Crippen molar-refractivity contribution in [2.24, 2.45) is 17.8 Å². The highest BCUT2D eigenvalue weighted by atomic mass is 19.4. The Kier molecular flexibility index (Phi) is 6.16. The molecule has 1 saturated heterocycles. The number of aliphatic hydroxyl groups is 1. The standard InChI is InChI=1S/C22H29F4N3O3/c23-17-7-14(10-27)3-6-18(17)28-12-19(31)29(21(20(28)32)8-16(30)9-21)11-13-1-4-15(5-2-13)22(24,25)26/h13-18,30H,1-9,11-12H2. The van der Waals surface area contributed by atoms with Crippen molar-refractivity contribution >= 4 is 11.8 Å². The van der Waals surface area contributed by atoms with E-state index in [2.05, 4.69) is 6.07 Å². The summed E-state index contributed by atoms with van der Waals surface area (Å²) in [6.07, 6.45) is -4.75. The monoisotopic (exact) mass is 459 g/mol. The van der Waals surface area contributed by atoms with E-state index in [0.717, 1.165) is 0 Å². The molecule has 4 aliphatic rings. The fourth-order valence-corrected chi connectivity index (χ4v) is 6.08. The van der Waals surface area contributed by atoms with E-state index in [1.807, 2.05) is 0 Å². The van der Waals surface area contributed by atoms with Gasteiger partial charge in [0.1, 0.15) is 18.3 Å². The number of amides is 2. The van der Waals surface area contributed by atoms with Crippen molar-refractivity contribution in [3.8, 4) is 6.07 Å². The highest BCUT2D eigenvalue weighted by Crippen LogP contribution is 2.46. The third-order valence-electron chi connectivity index (χ3n) is 8.00. The summed E-state index contributed by atoms with van der Waals surface area (Å²) in [5.74, 6) is -2.58. The minimum atomic E-state index is -4.21. The van der Waals surface area contributed by atoms with Gasteiger partial charge in [-0.15, -0.1) is 0 Å². The number of hydrogen-bond acceptors (Lipinski definition) is 4. The highest BCUT2D eigenvalue weighted by Gasteiger charge is 2.61. The maximum absolute atomic E-state index is 14.8. The van der Waals surface area contributed by atoms with E-state index in [1.54, 1.807) is 0 Å². The largest absolute Gasteiger partial charge is 0.393 e. The topological polar surface area (TPSA) is 84.6 Å². The first-order chi connectivity index (χ1) is 15.0. The van der Waals surface area contributed by atoms with Crippen molar-refractivity contribution in [2.45, 2.75) is 87.8 Å². The van der Waals surface area contributed by atoms with Crippen molar-refractivity contribution in [1.82, 2.24) is 9.80 Å². The molecule has 3 atom stereocenters. The number of carbonyl (C=O) groups excluding carboxylic acids is 2. The summed E-state index contributed by atoms with van der Waals surface area (Å²) in [7, 11) is 0. The van der Waals surface area contributed by atoms with Crippen LogP contribution in [0.4, 0.5) is 17.6 Å². The van der Waals surface area contributed by atoms with Crippen LogP contribution in [0, 0.1) is 29.1 Å². The van der Waals surface area contributed by atoms with Gasteiger partial charge < -0.3 is 14.9 Å². The second-order valence-electron chi connectivity index (χ2n) is 10.0. The average Bonchev–Trinajstić information content (AvgIpc) is 2.72. The van der Waals surface area contributed by atoms with Crippen LogP contribution in [0.15, 0.2) is 0 Å². The Bertz CT molecular complexity index is 784. The van der Waals surface area contributed by atoms with Gasteiger partial charge in [-0.1, -0.05) is 0 Å².